The molecule has 3 nitrogen and oxygen atoms in total. The van der Waals surface area contributed by atoms with Gasteiger partial charge in [0.15, 0.2) is 0 Å². The van der Waals surface area contributed by atoms with Crippen LogP contribution in [-0.4, -0.2) is 15.2 Å². The summed E-state index contributed by atoms with van der Waals surface area (Å²) in [6.45, 7) is 4.17. The number of hydrogen-bond donors (Lipinski definition) is 1. The second-order valence-corrected chi connectivity index (χ2v) is 6.02. The van der Waals surface area contributed by atoms with E-state index in [1.165, 1.54) is 25.7 Å². The zero-order valence-corrected chi connectivity index (χ0v) is 11.5. The van der Waals surface area contributed by atoms with Gasteiger partial charge in [-0.05, 0) is 26.2 Å². The molecule has 0 unspecified atom stereocenters. The molecule has 0 atom stereocenters. The van der Waals surface area contributed by atoms with Gasteiger partial charge >= 0.3 is 0 Å². The molecule has 0 aliphatic heterocycles. The quantitative estimate of drug-likeness (QED) is 0.834. The summed E-state index contributed by atoms with van der Waals surface area (Å²) < 4.78 is 0. The molecule has 2 N–H and O–H groups in total. The first-order chi connectivity index (χ1) is 8.20. The third-order valence-electron chi connectivity index (χ3n) is 3.24. The van der Waals surface area contributed by atoms with E-state index in [4.69, 9.17) is 5.73 Å². The van der Waals surface area contributed by atoms with E-state index in [2.05, 4.69) is 16.9 Å². The van der Waals surface area contributed by atoms with Crippen LogP contribution in [-0.2, 0) is 6.42 Å². The molecule has 0 saturated heterocycles. The van der Waals surface area contributed by atoms with Crippen LogP contribution in [0.25, 0.3) is 0 Å². The van der Waals surface area contributed by atoms with Gasteiger partial charge in [0, 0.05) is 17.2 Å². The monoisotopic (exact) mass is 251 g/mol. The number of nitrogen functional groups attached to an aromatic ring is 1. The van der Waals surface area contributed by atoms with E-state index in [1.54, 1.807) is 0 Å². The number of nitrogens with two attached hydrogens (primary N) is 1. The lowest BCUT2D eigenvalue weighted by Gasteiger charge is -2.12. The van der Waals surface area contributed by atoms with Gasteiger partial charge < -0.3 is 5.73 Å². The van der Waals surface area contributed by atoms with Crippen LogP contribution in [0.1, 0.15) is 50.4 Å². The Morgan fingerprint density at radius 3 is 2.65 bits per heavy atom. The van der Waals surface area contributed by atoms with Gasteiger partial charge in [-0.2, -0.15) is 0 Å². The number of nitrogens with zero attached hydrogens (tertiary/aromatic N) is 2. The second kappa shape index (κ2) is 5.71. The highest BCUT2D eigenvalue weighted by Crippen LogP contribution is 2.36. The lowest BCUT2D eigenvalue weighted by atomic mass is 10.3. The maximum atomic E-state index is 5.96. The van der Waals surface area contributed by atoms with Crippen molar-refractivity contribution in [3.63, 3.8) is 0 Å². The van der Waals surface area contributed by atoms with Crippen molar-refractivity contribution in [2.24, 2.45) is 0 Å². The summed E-state index contributed by atoms with van der Waals surface area (Å²) in [5.74, 6) is 1.56. The molecule has 1 heterocycles. The molecule has 0 bridgehead atoms. The van der Waals surface area contributed by atoms with Gasteiger partial charge in [0.05, 0.1) is 0 Å². The molecule has 0 amide bonds. The zero-order chi connectivity index (χ0) is 12.3. The predicted molar refractivity (Wildman–Crippen MR) is 73.3 cm³/mol. The van der Waals surface area contributed by atoms with E-state index in [-0.39, 0.29) is 0 Å². The zero-order valence-electron chi connectivity index (χ0n) is 10.7. The Morgan fingerprint density at radius 1 is 1.29 bits per heavy atom. The van der Waals surface area contributed by atoms with E-state index in [0.717, 1.165) is 34.5 Å². The van der Waals surface area contributed by atoms with E-state index < -0.39 is 0 Å². The molecule has 0 spiro atoms. The molecular weight excluding hydrogens is 230 g/mol. The third-order valence-corrected chi connectivity index (χ3v) is 4.66. The highest BCUT2D eigenvalue weighted by molar-refractivity contribution is 7.99. The fourth-order valence-corrected chi connectivity index (χ4v) is 3.50. The smallest absolute Gasteiger partial charge is 0.132 e. The van der Waals surface area contributed by atoms with Crippen molar-refractivity contribution in [2.75, 3.05) is 5.73 Å². The maximum absolute atomic E-state index is 5.96. The minimum absolute atomic E-state index is 0.656. The summed E-state index contributed by atoms with van der Waals surface area (Å²) in [5, 5.41) is 1.84. The molecule has 2 rings (SSSR count). The maximum Gasteiger partial charge on any atom is 0.132 e. The van der Waals surface area contributed by atoms with Crippen molar-refractivity contribution >= 4 is 17.6 Å². The Labute approximate surface area is 108 Å². The SMILES string of the molecule is CCCc1nc(N)c(C)c(SC2CCCC2)n1. The Balaban J connectivity index is 2.18. The molecule has 1 aromatic rings. The molecule has 17 heavy (non-hydrogen) atoms. The second-order valence-electron chi connectivity index (χ2n) is 4.73. The summed E-state index contributed by atoms with van der Waals surface area (Å²) >= 11 is 1.90. The van der Waals surface area contributed by atoms with Crippen LogP contribution in [0.5, 0.6) is 0 Å². The lowest BCUT2D eigenvalue weighted by molar-refractivity contribution is 0.802. The Morgan fingerprint density at radius 2 is 2.00 bits per heavy atom. The van der Waals surface area contributed by atoms with Crippen LogP contribution >= 0.6 is 11.8 Å². The van der Waals surface area contributed by atoms with Crippen LogP contribution in [0.15, 0.2) is 5.03 Å². The first-order valence-corrected chi connectivity index (χ1v) is 7.38. The molecule has 1 aliphatic rings. The molecular formula is C13H21N3S. The number of aromatic nitrogens is 2. The first kappa shape index (κ1) is 12.7. The van der Waals surface area contributed by atoms with Crippen LogP contribution in [0.4, 0.5) is 5.82 Å². The van der Waals surface area contributed by atoms with Gasteiger partial charge in [0.1, 0.15) is 16.7 Å². The van der Waals surface area contributed by atoms with Gasteiger partial charge in [0.2, 0.25) is 0 Å². The third kappa shape index (κ3) is 3.12. The average molecular weight is 251 g/mol. The average Bonchev–Trinajstić information content (AvgIpc) is 2.78. The summed E-state index contributed by atoms with van der Waals surface area (Å²) in [7, 11) is 0. The number of hydrogen-bond acceptors (Lipinski definition) is 4. The Hall–Kier alpha value is -0.770. The molecule has 1 aliphatic carbocycles. The van der Waals surface area contributed by atoms with Crippen molar-refractivity contribution in [2.45, 2.75) is 62.6 Å². The molecule has 4 heteroatoms. The van der Waals surface area contributed by atoms with Crippen LogP contribution < -0.4 is 5.73 Å². The van der Waals surface area contributed by atoms with E-state index in [1.807, 2.05) is 18.7 Å². The van der Waals surface area contributed by atoms with Crippen molar-refractivity contribution in [1.29, 1.82) is 0 Å². The van der Waals surface area contributed by atoms with Crippen LogP contribution in [0.2, 0.25) is 0 Å². The predicted octanol–water partition coefficient (Wildman–Crippen LogP) is 3.35. The largest absolute Gasteiger partial charge is 0.383 e. The van der Waals surface area contributed by atoms with Crippen molar-refractivity contribution in [3.8, 4) is 0 Å². The summed E-state index contributed by atoms with van der Waals surface area (Å²) in [6.07, 6.45) is 7.34. The topological polar surface area (TPSA) is 51.8 Å². The Bertz CT molecular complexity index is 386. The van der Waals surface area contributed by atoms with E-state index >= 15 is 0 Å². The molecule has 1 aromatic heterocycles. The fourth-order valence-electron chi connectivity index (χ4n) is 2.17. The van der Waals surface area contributed by atoms with Gasteiger partial charge in [-0.25, -0.2) is 9.97 Å². The standard InChI is InChI=1S/C13H21N3S/c1-3-6-11-15-12(14)9(2)13(16-11)17-10-7-4-5-8-10/h10H,3-8H2,1-2H3,(H2,14,15,16). The highest BCUT2D eigenvalue weighted by Gasteiger charge is 2.19. The minimum Gasteiger partial charge on any atom is -0.383 e. The molecule has 0 aromatic carbocycles. The van der Waals surface area contributed by atoms with Crippen LogP contribution in [0.3, 0.4) is 0 Å². The van der Waals surface area contributed by atoms with Crippen LogP contribution in [0, 0.1) is 6.92 Å². The molecule has 94 valence electrons. The molecule has 1 fully saturated rings. The Kier molecular flexibility index (Phi) is 4.26. The van der Waals surface area contributed by atoms with Gasteiger partial charge in [0.25, 0.3) is 0 Å². The molecule has 0 radical (unpaired) electrons. The van der Waals surface area contributed by atoms with Gasteiger partial charge in [-0.15, -0.1) is 11.8 Å². The number of thioether (sulfide) groups is 1. The van der Waals surface area contributed by atoms with Gasteiger partial charge in [-0.3, -0.25) is 0 Å². The van der Waals surface area contributed by atoms with Gasteiger partial charge in [-0.1, -0.05) is 19.8 Å². The van der Waals surface area contributed by atoms with Crippen molar-refractivity contribution in [3.05, 3.63) is 11.4 Å². The number of rotatable bonds is 4. The normalized spacial score (nSPS) is 16.6. The van der Waals surface area contributed by atoms with E-state index in [9.17, 15) is 0 Å². The lowest BCUT2D eigenvalue weighted by Crippen LogP contribution is -2.06. The summed E-state index contributed by atoms with van der Waals surface area (Å²) in [5.41, 5.74) is 7.02. The first-order valence-electron chi connectivity index (χ1n) is 6.50. The summed E-state index contributed by atoms with van der Waals surface area (Å²) in [6, 6.07) is 0. The number of aryl methyl sites for hydroxylation is 1. The minimum atomic E-state index is 0.656. The van der Waals surface area contributed by atoms with E-state index in [0.29, 0.717) is 5.82 Å². The highest BCUT2D eigenvalue weighted by atomic mass is 32.2. The summed E-state index contributed by atoms with van der Waals surface area (Å²) in [4.78, 5) is 9.01. The number of anilines is 1. The molecule has 1 saturated carbocycles. The van der Waals surface area contributed by atoms with Crippen molar-refractivity contribution in [1.82, 2.24) is 9.97 Å². The van der Waals surface area contributed by atoms with Crippen molar-refractivity contribution < 1.29 is 0 Å². The fraction of sp³-hybridized carbons (Fsp3) is 0.692.